The van der Waals surface area contributed by atoms with Crippen LogP contribution in [0.25, 0.3) is 0 Å². The lowest BCUT2D eigenvalue weighted by molar-refractivity contribution is -0.144. The summed E-state index contributed by atoms with van der Waals surface area (Å²) < 4.78 is 5.94. The number of hydrogen-bond donors (Lipinski definition) is 1. The second kappa shape index (κ2) is 8.02. The lowest BCUT2D eigenvalue weighted by atomic mass is 9.90. The number of nitrogens with one attached hydrogen (secondary N) is 1. The van der Waals surface area contributed by atoms with Gasteiger partial charge in [0.05, 0.1) is 12.2 Å². The minimum Gasteiger partial charge on any atom is -0.373 e. The summed E-state index contributed by atoms with van der Waals surface area (Å²) in [5, 5.41) is 3.23. The van der Waals surface area contributed by atoms with Crippen LogP contribution in [0.4, 0.5) is 0 Å². The predicted molar refractivity (Wildman–Crippen MR) is 109 cm³/mol. The van der Waals surface area contributed by atoms with Crippen LogP contribution in [-0.4, -0.2) is 53.2 Å². The first-order valence-corrected chi connectivity index (χ1v) is 10.2. The van der Waals surface area contributed by atoms with Gasteiger partial charge in [0.1, 0.15) is 5.54 Å². The van der Waals surface area contributed by atoms with E-state index in [0.29, 0.717) is 6.54 Å². The molecule has 1 amide bonds. The molecule has 1 aromatic carbocycles. The van der Waals surface area contributed by atoms with E-state index >= 15 is 0 Å². The molecule has 5 heteroatoms. The zero-order chi connectivity index (χ0) is 19.6. The van der Waals surface area contributed by atoms with E-state index in [1.54, 1.807) is 6.20 Å². The number of aromatic nitrogens is 1. The maximum absolute atomic E-state index is 13.5. The third kappa shape index (κ3) is 3.82. The molecule has 1 aliphatic carbocycles. The SMILES string of the molecule is C[C@@H]1CN(C2(C(=O)NCCc3cccnc3)Cc3ccccc3C2)C[C@H](C)O1. The summed E-state index contributed by atoms with van der Waals surface area (Å²) in [6.07, 6.45) is 6.22. The third-order valence-corrected chi connectivity index (χ3v) is 5.95. The van der Waals surface area contributed by atoms with E-state index < -0.39 is 5.54 Å². The molecule has 0 spiro atoms. The molecule has 1 saturated heterocycles. The molecule has 1 aliphatic heterocycles. The van der Waals surface area contributed by atoms with Crippen molar-refractivity contribution in [2.45, 2.75) is 50.9 Å². The summed E-state index contributed by atoms with van der Waals surface area (Å²) in [4.78, 5) is 20.1. The first-order valence-electron chi connectivity index (χ1n) is 10.2. The van der Waals surface area contributed by atoms with Gasteiger partial charge in [-0.1, -0.05) is 30.3 Å². The Morgan fingerprint density at radius 2 is 1.82 bits per heavy atom. The van der Waals surface area contributed by atoms with Crippen LogP contribution in [0.3, 0.4) is 0 Å². The molecule has 1 N–H and O–H groups in total. The monoisotopic (exact) mass is 379 g/mol. The highest BCUT2D eigenvalue weighted by atomic mass is 16.5. The van der Waals surface area contributed by atoms with Crippen molar-refractivity contribution in [1.29, 1.82) is 0 Å². The maximum atomic E-state index is 13.5. The molecule has 2 heterocycles. The molecule has 2 aliphatic rings. The molecule has 1 aromatic heterocycles. The van der Waals surface area contributed by atoms with Crippen LogP contribution in [0, 0.1) is 0 Å². The van der Waals surface area contributed by atoms with Gasteiger partial charge in [0.2, 0.25) is 5.91 Å². The summed E-state index contributed by atoms with van der Waals surface area (Å²) in [6.45, 7) is 6.39. The Bertz CT molecular complexity index is 789. The topological polar surface area (TPSA) is 54.5 Å². The third-order valence-electron chi connectivity index (χ3n) is 5.95. The fourth-order valence-electron chi connectivity index (χ4n) is 4.68. The summed E-state index contributed by atoms with van der Waals surface area (Å²) in [5.74, 6) is 0.133. The molecule has 4 rings (SSSR count). The number of carbonyl (C=O) groups is 1. The fraction of sp³-hybridized carbons (Fsp3) is 0.478. The van der Waals surface area contributed by atoms with E-state index in [0.717, 1.165) is 37.9 Å². The molecule has 28 heavy (non-hydrogen) atoms. The number of benzene rings is 1. The zero-order valence-corrected chi connectivity index (χ0v) is 16.7. The summed E-state index contributed by atoms with van der Waals surface area (Å²) in [5.41, 5.74) is 3.19. The number of pyridine rings is 1. The number of morpholine rings is 1. The van der Waals surface area contributed by atoms with Gasteiger partial charge in [-0.25, -0.2) is 0 Å². The average molecular weight is 380 g/mol. The minimum atomic E-state index is -0.523. The van der Waals surface area contributed by atoms with Crippen molar-refractivity contribution in [3.8, 4) is 0 Å². The quantitative estimate of drug-likeness (QED) is 0.867. The number of nitrogens with zero attached hydrogens (tertiary/aromatic N) is 2. The molecule has 0 bridgehead atoms. The van der Waals surface area contributed by atoms with Crippen molar-refractivity contribution in [1.82, 2.24) is 15.2 Å². The lowest BCUT2D eigenvalue weighted by Gasteiger charge is -2.45. The normalized spacial score (nSPS) is 23.9. The smallest absolute Gasteiger partial charge is 0.241 e. The van der Waals surface area contributed by atoms with Crippen molar-refractivity contribution in [2.75, 3.05) is 19.6 Å². The van der Waals surface area contributed by atoms with Crippen LogP contribution in [0.15, 0.2) is 48.8 Å². The molecule has 0 radical (unpaired) electrons. The molecule has 148 valence electrons. The van der Waals surface area contributed by atoms with Gasteiger partial charge in [0.15, 0.2) is 0 Å². The zero-order valence-electron chi connectivity index (χ0n) is 16.7. The summed E-state index contributed by atoms with van der Waals surface area (Å²) in [6, 6.07) is 12.4. The van der Waals surface area contributed by atoms with E-state index in [-0.39, 0.29) is 18.1 Å². The summed E-state index contributed by atoms with van der Waals surface area (Å²) >= 11 is 0. The van der Waals surface area contributed by atoms with Gasteiger partial charge < -0.3 is 10.1 Å². The van der Waals surface area contributed by atoms with E-state index in [4.69, 9.17) is 4.74 Å². The van der Waals surface area contributed by atoms with Gasteiger partial charge in [-0.05, 0) is 43.0 Å². The Morgan fingerprint density at radius 1 is 1.14 bits per heavy atom. The standard InChI is InChI=1S/C23H29N3O2/c1-17-15-26(16-18(2)28-17)23(12-20-7-3-4-8-21(20)13-23)22(27)25-11-9-19-6-5-10-24-14-19/h3-8,10,14,17-18H,9,11-13,15-16H2,1-2H3,(H,25,27)/t17-,18+. The fourth-order valence-corrected chi connectivity index (χ4v) is 4.68. The number of amides is 1. The molecule has 2 atom stereocenters. The van der Waals surface area contributed by atoms with Gasteiger partial charge in [0.25, 0.3) is 0 Å². The number of hydrogen-bond acceptors (Lipinski definition) is 4. The maximum Gasteiger partial charge on any atom is 0.241 e. The molecule has 5 nitrogen and oxygen atoms in total. The lowest BCUT2D eigenvalue weighted by Crippen LogP contribution is -2.64. The van der Waals surface area contributed by atoms with Crippen molar-refractivity contribution >= 4 is 5.91 Å². The van der Waals surface area contributed by atoms with Crippen LogP contribution in [-0.2, 0) is 28.8 Å². The number of ether oxygens (including phenoxy) is 1. The Labute approximate surface area is 167 Å². The van der Waals surface area contributed by atoms with Crippen molar-refractivity contribution in [2.24, 2.45) is 0 Å². The van der Waals surface area contributed by atoms with Crippen molar-refractivity contribution < 1.29 is 9.53 Å². The molecule has 0 unspecified atom stereocenters. The van der Waals surface area contributed by atoms with Crippen LogP contribution >= 0.6 is 0 Å². The van der Waals surface area contributed by atoms with Crippen LogP contribution < -0.4 is 5.32 Å². The molecule has 1 fully saturated rings. The second-order valence-electron chi connectivity index (χ2n) is 8.18. The van der Waals surface area contributed by atoms with Crippen molar-refractivity contribution in [3.63, 3.8) is 0 Å². The Hall–Kier alpha value is -2.24. The second-order valence-corrected chi connectivity index (χ2v) is 8.18. The molecule has 0 saturated carbocycles. The Kier molecular flexibility index (Phi) is 5.47. The largest absolute Gasteiger partial charge is 0.373 e. The Morgan fingerprint density at radius 3 is 2.43 bits per heavy atom. The highest BCUT2D eigenvalue weighted by molar-refractivity contribution is 5.88. The van der Waals surface area contributed by atoms with Crippen LogP contribution in [0.1, 0.15) is 30.5 Å². The van der Waals surface area contributed by atoms with E-state index in [9.17, 15) is 4.79 Å². The molecular weight excluding hydrogens is 350 g/mol. The van der Waals surface area contributed by atoms with E-state index in [1.165, 1.54) is 11.1 Å². The van der Waals surface area contributed by atoms with E-state index in [2.05, 4.69) is 53.3 Å². The minimum absolute atomic E-state index is 0.132. The number of fused-ring (bicyclic) bond motifs is 1. The van der Waals surface area contributed by atoms with Gasteiger partial charge in [-0.3, -0.25) is 14.7 Å². The summed E-state index contributed by atoms with van der Waals surface area (Å²) in [7, 11) is 0. The van der Waals surface area contributed by atoms with Crippen molar-refractivity contribution in [3.05, 3.63) is 65.5 Å². The van der Waals surface area contributed by atoms with Gasteiger partial charge >= 0.3 is 0 Å². The average Bonchev–Trinajstić information content (AvgIpc) is 3.09. The Balaban J connectivity index is 1.53. The molecular formula is C23H29N3O2. The van der Waals surface area contributed by atoms with Gasteiger partial charge in [-0.15, -0.1) is 0 Å². The van der Waals surface area contributed by atoms with Crippen LogP contribution in [0.2, 0.25) is 0 Å². The van der Waals surface area contributed by atoms with Gasteiger partial charge in [0, 0.05) is 44.9 Å². The highest BCUT2D eigenvalue weighted by Gasteiger charge is 2.49. The van der Waals surface area contributed by atoms with Crippen LogP contribution in [0.5, 0.6) is 0 Å². The first-order chi connectivity index (χ1) is 13.6. The predicted octanol–water partition coefficient (Wildman–Crippen LogP) is 2.39. The first kappa shape index (κ1) is 19.1. The number of carbonyl (C=O) groups excluding carboxylic acids is 1. The molecule has 2 aromatic rings. The highest BCUT2D eigenvalue weighted by Crippen LogP contribution is 2.36. The van der Waals surface area contributed by atoms with Gasteiger partial charge in [-0.2, -0.15) is 0 Å². The number of rotatable bonds is 5. The van der Waals surface area contributed by atoms with E-state index in [1.807, 2.05) is 18.3 Å².